The first-order valence-electron chi connectivity index (χ1n) is 5.62. The van der Waals surface area contributed by atoms with Crippen molar-refractivity contribution in [2.75, 3.05) is 0 Å². The van der Waals surface area contributed by atoms with Crippen LogP contribution < -0.4 is 0 Å². The minimum atomic E-state index is -0.441. The highest BCUT2D eigenvalue weighted by molar-refractivity contribution is 6.01. The van der Waals surface area contributed by atoms with E-state index >= 15 is 0 Å². The average Bonchev–Trinajstić information content (AvgIpc) is 2.85. The molecule has 1 aliphatic heterocycles. The van der Waals surface area contributed by atoms with Gasteiger partial charge < -0.3 is 9.63 Å². The van der Waals surface area contributed by atoms with Gasteiger partial charge in [-0.3, -0.25) is 10.1 Å². The van der Waals surface area contributed by atoms with Crippen molar-refractivity contribution in [1.82, 2.24) is 0 Å². The van der Waals surface area contributed by atoms with Crippen molar-refractivity contribution in [1.29, 1.82) is 0 Å². The van der Waals surface area contributed by atoms with Crippen LogP contribution >= 0.6 is 0 Å². The number of nitro groups is 1. The zero-order valence-corrected chi connectivity index (χ0v) is 9.61. The molecule has 94 valence electrons. The monoisotopic (exact) mass is 248 g/mol. The van der Waals surface area contributed by atoms with Gasteiger partial charge in [0.1, 0.15) is 12.4 Å². The lowest BCUT2D eigenvalue weighted by Gasteiger charge is -2.04. The van der Waals surface area contributed by atoms with Crippen LogP contribution in [0, 0.1) is 10.1 Å². The molecule has 1 unspecified atom stereocenters. The van der Waals surface area contributed by atoms with Crippen molar-refractivity contribution in [3.05, 3.63) is 39.9 Å². The van der Waals surface area contributed by atoms with Crippen molar-refractivity contribution < 1.29 is 14.6 Å². The van der Waals surface area contributed by atoms with Crippen LogP contribution in [0.15, 0.2) is 29.4 Å². The first kappa shape index (κ1) is 12.2. The van der Waals surface area contributed by atoms with Gasteiger partial charge in [0.2, 0.25) is 0 Å². The number of oxime groups is 1. The molecule has 1 aromatic rings. The third-order valence-corrected chi connectivity index (χ3v) is 2.73. The Balaban J connectivity index is 2.07. The fraction of sp³-hybridized carbons (Fsp3) is 0.333. The largest absolute Gasteiger partial charge is 0.392 e. The molecule has 0 saturated carbocycles. The Hall–Kier alpha value is -2.24. The van der Waals surface area contributed by atoms with E-state index in [4.69, 9.17) is 4.84 Å². The van der Waals surface area contributed by atoms with Crippen LogP contribution in [0.1, 0.15) is 24.8 Å². The highest BCUT2D eigenvalue weighted by Crippen LogP contribution is 2.22. The van der Waals surface area contributed by atoms with E-state index in [0.29, 0.717) is 30.5 Å². The number of nitrogens with zero attached hydrogens (tertiary/aromatic N) is 2. The predicted octanol–water partition coefficient (Wildman–Crippen LogP) is 2.07. The molecular formula is C12H12N2O4. The molecule has 0 amide bonds. The van der Waals surface area contributed by atoms with Crippen molar-refractivity contribution in [2.45, 2.75) is 25.4 Å². The number of carbonyl (C=O) groups is 1. The van der Waals surface area contributed by atoms with E-state index in [-0.39, 0.29) is 11.8 Å². The second-order valence-electron chi connectivity index (χ2n) is 4.02. The van der Waals surface area contributed by atoms with E-state index < -0.39 is 4.92 Å². The lowest BCUT2D eigenvalue weighted by atomic mass is 10.0. The van der Waals surface area contributed by atoms with Gasteiger partial charge in [-0.05, 0) is 6.42 Å². The Morgan fingerprint density at radius 1 is 1.56 bits per heavy atom. The quantitative estimate of drug-likeness (QED) is 0.453. The van der Waals surface area contributed by atoms with E-state index in [1.807, 2.05) is 0 Å². The molecule has 0 fully saturated rings. The summed E-state index contributed by atoms with van der Waals surface area (Å²) < 4.78 is 0. The molecule has 0 aliphatic carbocycles. The number of hydrogen-bond acceptors (Lipinski definition) is 5. The molecule has 0 radical (unpaired) electrons. The van der Waals surface area contributed by atoms with Crippen LogP contribution in [-0.4, -0.2) is 23.0 Å². The Bertz CT molecular complexity index is 499. The van der Waals surface area contributed by atoms with Crippen molar-refractivity contribution in [3.63, 3.8) is 0 Å². The summed E-state index contributed by atoms with van der Waals surface area (Å²) in [5.74, 6) is 0. The van der Waals surface area contributed by atoms with Crippen LogP contribution in [0.4, 0.5) is 5.69 Å². The number of carbonyl (C=O) groups excluding carboxylic acids is 1. The molecule has 0 spiro atoms. The first-order chi connectivity index (χ1) is 8.70. The summed E-state index contributed by atoms with van der Waals surface area (Å²) in [6.07, 6.45) is 2.36. The maximum Gasteiger partial charge on any atom is 0.270 e. The number of rotatable bonds is 5. The zero-order valence-electron chi connectivity index (χ0n) is 9.61. The van der Waals surface area contributed by atoms with Gasteiger partial charge in [-0.25, -0.2) is 0 Å². The summed E-state index contributed by atoms with van der Waals surface area (Å²) >= 11 is 0. The van der Waals surface area contributed by atoms with Crippen LogP contribution in [0.2, 0.25) is 0 Å². The van der Waals surface area contributed by atoms with Gasteiger partial charge in [0, 0.05) is 30.5 Å². The molecule has 6 heteroatoms. The summed E-state index contributed by atoms with van der Waals surface area (Å²) in [5, 5.41) is 14.6. The highest BCUT2D eigenvalue weighted by atomic mass is 16.6. The minimum Gasteiger partial charge on any atom is -0.392 e. The Labute approximate surface area is 103 Å². The van der Waals surface area contributed by atoms with Gasteiger partial charge in [0.15, 0.2) is 0 Å². The molecular weight excluding hydrogens is 236 g/mol. The topological polar surface area (TPSA) is 81.8 Å². The summed E-state index contributed by atoms with van der Waals surface area (Å²) in [7, 11) is 0. The van der Waals surface area contributed by atoms with E-state index in [1.165, 1.54) is 12.1 Å². The zero-order chi connectivity index (χ0) is 13.0. The molecule has 6 nitrogen and oxygen atoms in total. The molecule has 1 atom stereocenters. The number of hydrogen-bond donors (Lipinski definition) is 0. The normalized spacial score (nSPS) is 18.0. The van der Waals surface area contributed by atoms with Crippen molar-refractivity contribution in [3.8, 4) is 0 Å². The number of nitro benzene ring substituents is 1. The molecule has 1 heterocycles. The fourth-order valence-electron chi connectivity index (χ4n) is 1.81. The molecule has 1 aromatic carbocycles. The number of benzene rings is 1. The number of aldehydes is 1. The van der Waals surface area contributed by atoms with E-state index in [2.05, 4.69) is 5.16 Å². The SMILES string of the molecule is O=CCCC1CC(c2cccc([N+](=O)[O-])c2)=NO1. The third-order valence-electron chi connectivity index (χ3n) is 2.73. The Kier molecular flexibility index (Phi) is 3.66. The second kappa shape index (κ2) is 5.39. The van der Waals surface area contributed by atoms with E-state index in [0.717, 1.165) is 6.29 Å². The van der Waals surface area contributed by atoms with Gasteiger partial charge >= 0.3 is 0 Å². The van der Waals surface area contributed by atoms with Crippen molar-refractivity contribution in [2.24, 2.45) is 5.16 Å². The van der Waals surface area contributed by atoms with E-state index in [9.17, 15) is 14.9 Å². The molecule has 1 aliphatic rings. The van der Waals surface area contributed by atoms with Crippen LogP contribution in [0.5, 0.6) is 0 Å². The van der Waals surface area contributed by atoms with Gasteiger partial charge in [-0.2, -0.15) is 0 Å². The third kappa shape index (κ3) is 2.71. The van der Waals surface area contributed by atoms with Gasteiger partial charge in [0.25, 0.3) is 5.69 Å². The van der Waals surface area contributed by atoms with Crippen molar-refractivity contribution >= 4 is 17.7 Å². The molecule has 0 aromatic heterocycles. The molecule has 0 saturated heterocycles. The molecule has 0 N–H and O–H groups in total. The van der Waals surface area contributed by atoms with Crippen LogP contribution in [0.25, 0.3) is 0 Å². The summed E-state index contributed by atoms with van der Waals surface area (Å²) in [4.78, 5) is 25.7. The highest BCUT2D eigenvalue weighted by Gasteiger charge is 2.22. The van der Waals surface area contributed by atoms with Crippen LogP contribution in [0.3, 0.4) is 0 Å². The molecule has 2 rings (SSSR count). The maximum atomic E-state index is 10.7. The Morgan fingerprint density at radius 3 is 3.11 bits per heavy atom. The first-order valence-corrected chi connectivity index (χ1v) is 5.62. The fourth-order valence-corrected chi connectivity index (χ4v) is 1.81. The Morgan fingerprint density at radius 2 is 2.39 bits per heavy atom. The summed E-state index contributed by atoms with van der Waals surface area (Å²) in [5.41, 5.74) is 1.42. The molecule has 18 heavy (non-hydrogen) atoms. The van der Waals surface area contributed by atoms with Crippen LogP contribution in [-0.2, 0) is 9.63 Å². The summed E-state index contributed by atoms with van der Waals surface area (Å²) in [6, 6.07) is 6.29. The molecule has 0 bridgehead atoms. The average molecular weight is 248 g/mol. The minimum absolute atomic E-state index is 0.0338. The van der Waals surface area contributed by atoms with Gasteiger partial charge in [-0.1, -0.05) is 17.3 Å². The smallest absolute Gasteiger partial charge is 0.270 e. The lowest BCUT2D eigenvalue weighted by Crippen LogP contribution is -2.08. The van der Waals surface area contributed by atoms with Gasteiger partial charge in [0.05, 0.1) is 10.6 Å². The number of non-ortho nitro benzene ring substituents is 1. The maximum absolute atomic E-state index is 10.7. The van der Waals surface area contributed by atoms with Gasteiger partial charge in [-0.15, -0.1) is 0 Å². The second-order valence-corrected chi connectivity index (χ2v) is 4.02. The lowest BCUT2D eigenvalue weighted by molar-refractivity contribution is -0.384. The van der Waals surface area contributed by atoms with E-state index in [1.54, 1.807) is 12.1 Å². The summed E-state index contributed by atoms with van der Waals surface area (Å²) in [6.45, 7) is 0. The standard InChI is InChI=1S/C12H12N2O4/c15-6-2-5-11-8-12(13-18-11)9-3-1-4-10(7-9)14(16)17/h1,3-4,6-7,11H,2,5,8H2. The predicted molar refractivity (Wildman–Crippen MR) is 64.4 cm³/mol.